The number of hydrogen-bond acceptors (Lipinski definition) is 5. The number of carbonyl (C=O) groups is 2. The molecular weight excluding hydrogens is 535 g/mol. The van der Waals surface area contributed by atoms with Crippen LogP contribution in [0.4, 0.5) is 5.69 Å². The van der Waals surface area contributed by atoms with E-state index in [1.54, 1.807) is 36.4 Å². The Kier molecular flexibility index (Phi) is 7.01. The molecule has 0 saturated carbocycles. The van der Waals surface area contributed by atoms with Crippen molar-refractivity contribution >= 4 is 79.7 Å². The summed E-state index contributed by atoms with van der Waals surface area (Å²) in [6.07, 6.45) is 1.74. The van der Waals surface area contributed by atoms with E-state index in [9.17, 15) is 9.59 Å². The van der Waals surface area contributed by atoms with Crippen LogP contribution in [0, 0.1) is 0 Å². The van der Waals surface area contributed by atoms with Gasteiger partial charge < -0.3 is 10.1 Å². The Morgan fingerprint density at radius 2 is 1.75 bits per heavy atom. The van der Waals surface area contributed by atoms with Crippen LogP contribution < -0.4 is 10.1 Å². The third-order valence-corrected chi connectivity index (χ3v) is 6.23. The average molecular weight is 548 g/mol. The third-order valence-electron chi connectivity index (χ3n) is 4.25. The van der Waals surface area contributed by atoms with Gasteiger partial charge in [0, 0.05) is 9.50 Å². The summed E-state index contributed by atoms with van der Waals surface area (Å²) in [5.41, 5.74) is 1.74. The molecule has 0 radical (unpaired) electrons. The number of nitrogens with one attached hydrogen (secondary N) is 1. The lowest BCUT2D eigenvalue weighted by atomic mass is 10.2. The first-order valence-corrected chi connectivity index (χ1v) is 11.6. The van der Waals surface area contributed by atoms with E-state index in [0.717, 1.165) is 15.7 Å². The van der Waals surface area contributed by atoms with Crippen LogP contribution in [0.25, 0.3) is 6.08 Å². The highest BCUT2D eigenvalue weighted by molar-refractivity contribution is 9.10. The lowest BCUT2D eigenvalue weighted by Crippen LogP contribution is -2.19. The van der Waals surface area contributed by atoms with Gasteiger partial charge in [0.15, 0.2) is 5.17 Å². The van der Waals surface area contributed by atoms with E-state index in [4.69, 9.17) is 27.9 Å². The lowest BCUT2D eigenvalue weighted by molar-refractivity contribution is -0.115. The Bertz CT molecular complexity index is 1260. The summed E-state index contributed by atoms with van der Waals surface area (Å²) in [5, 5.41) is 3.91. The summed E-state index contributed by atoms with van der Waals surface area (Å²) in [7, 11) is 0. The van der Waals surface area contributed by atoms with Crippen molar-refractivity contribution in [1.82, 2.24) is 5.32 Å². The minimum Gasteiger partial charge on any atom is -0.423 e. The molecule has 4 rings (SSSR count). The number of thioether (sulfide) groups is 1. The number of halogens is 3. The van der Waals surface area contributed by atoms with E-state index in [-0.39, 0.29) is 16.5 Å². The standard InChI is InChI=1S/C23H13BrCl2N2O3S/c24-14-3-6-16(7-4-14)27-23-28-21(29)20(32-23)11-13-1-8-17(9-2-13)31-22(30)18-10-5-15(25)12-19(18)26/h1-12H,(H,27,28,29)/b20-11-. The number of esters is 1. The van der Waals surface area contributed by atoms with Gasteiger partial charge in [-0.15, -0.1) is 0 Å². The molecule has 0 aromatic heterocycles. The van der Waals surface area contributed by atoms with E-state index >= 15 is 0 Å². The molecule has 32 heavy (non-hydrogen) atoms. The van der Waals surface area contributed by atoms with E-state index in [0.29, 0.717) is 20.8 Å². The molecule has 160 valence electrons. The van der Waals surface area contributed by atoms with Crippen LogP contribution in [0.15, 0.2) is 81.1 Å². The van der Waals surface area contributed by atoms with Gasteiger partial charge in [-0.25, -0.2) is 9.79 Å². The first-order valence-electron chi connectivity index (χ1n) is 9.20. The van der Waals surface area contributed by atoms with Crippen molar-refractivity contribution in [3.05, 3.63) is 97.3 Å². The van der Waals surface area contributed by atoms with E-state index in [1.807, 2.05) is 24.3 Å². The molecular formula is C23H13BrCl2N2O3S. The molecule has 3 aromatic carbocycles. The maximum atomic E-state index is 12.3. The number of benzene rings is 3. The van der Waals surface area contributed by atoms with E-state index < -0.39 is 5.97 Å². The van der Waals surface area contributed by atoms with Crippen LogP contribution in [0.3, 0.4) is 0 Å². The predicted molar refractivity (Wildman–Crippen MR) is 133 cm³/mol. The quantitative estimate of drug-likeness (QED) is 0.220. The van der Waals surface area contributed by atoms with E-state index in [1.165, 1.54) is 23.9 Å². The summed E-state index contributed by atoms with van der Waals surface area (Å²) >= 11 is 16.5. The highest BCUT2D eigenvalue weighted by Gasteiger charge is 2.23. The van der Waals surface area contributed by atoms with Crippen LogP contribution in [0.1, 0.15) is 15.9 Å². The highest BCUT2D eigenvalue weighted by Crippen LogP contribution is 2.29. The number of carbonyl (C=O) groups excluding carboxylic acids is 2. The van der Waals surface area contributed by atoms with Crippen LogP contribution >= 0.6 is 50.9 Å². The summed E-state index contributed by atoms with van der Waals surface area (Å²) in [6.45, 7) is 0. The molecule has 1 saturated heterocycles. The van der Waals surface area contributed by atoms with Crippen molar-refractivity contribution in [2.24, 2.45) is 4.99 Å². The minimum atomic E-state index is -0.586. The van der Waals surface area contributed by atoms with E-state index in [2.05, 4.69) is 26.2 Å². The zero-order valence-corrected chi connectivity index (χ0v) is 20.1. The van der Waals surface area contributed by atoms with Gasteiger partial charge in [-0.3, -0.25) is 4.79 Å². The Balaban J connectivity index is 1.44. The van der Waals surface area contributed by atoms with Crippen molar-refractivity contribution < 1.29 is 14.3 Å². The molecule has 5 nitrogen and oxygen atoms in total. The van der Waals surface area contributed by atoms with Gasteiger partial charge in [-0.05, 0) is 78.0 Å². The second-order valence-electron chi connectivity index (χ2n) is 6.54. The summed E-state index contributed by atoms with van der Waals surface area (Å²) in [4.78, 5) is 29.6. The number of nitrogens with zero attached hydrogens (tertiary/aromatic N) is 1. The summed E-state index contributed by atoms with van der Waals surface area (Å²) in [6, 6.07) is 18.8. The molecule has 0 aliphatic carbocycles. The maximum absolute atomic E-state index is 12.3. The van der Waals surface area contributed by atoms with Crippen molar-refractivity contribution in [1.29, 1.82) is 0 Å². The molecule has 0 unspecified atom stereocenters. The van der Waals surface area contributed by atoms with Gasteiger partial charge in [0.05, 0.1) is 21.2 Å². The van der Waals surface area contributed by atoms with Crippen LogP contribution in [-0.2, 0) is 4.79 Å². The molecule has 0 spiro atoms. The Morgan fingerprint density at radius 3 is 2.44 bits per heavy atom. The number of aliphatic imine (C=N–C) groups is 1. The second-order valence-corrected chi connectivity index (χ2v) is 9.33. The fourth-order valence-corrected chi connectivity index (χ4v) is 4.31. The molecule has 3 aromatic rings. The molecule has 0 bridgehead atoms. The molecule has 1 aliphatic heterocycles. The highest BCUT2D eigenvalue weighted by atomic mass is 79.9. The molecule has 1 fully saturated rings. The van der Waals surface area contributed by atoms with Gasteiger partial charge in [0.2, 0.25) is 0 Å². The van der Waals surface area contributed by atoms with Crippen LogP contribution in [-0.4, -0.2) is 17.0 Å². The first kappa shape index (κ1) is 22.6. The first-order chi connectivity index (χ1) is 15.4. The SMILES string of the molecule is O=C1NC(=Nc2ccc(Br)cc2)S/C1=C\c1ccc(OC(=O)c2ccc(Cl)cc2Cl)cc1. The second kappa shape index (κ2) is 9.92. The van der Waals surface area contributed by atoms with Gasteiger partial charge in [0.1, 0.15) is 5.75 Å². The number of hydrogen-bond donors (Lipinski definition) is 1. The topological polar surface area (TPSA) is 67.8 Å². The van der Waals surface area contributed by atoms with Crippen molar-refractivity contribution in [2.75, 3.05) is 0 Å². The van der Waals surface area contributed by atoms with Crippen molar-refractivity contribution in [3.63, 3.8) is 0 Å². The number of amides is 1. The predicted octanol–water partition coefficient (Wildman–Crippen LogP) is 6.87. The number of amidine groups is 1. The summed E-state index contributed by atoms with van der Waals surface area (Å²) < 4.78 is 6.32. The largest absolute Gasteiger partial charge is 0.423 e. The molecule has 9 heteroatoms. The fraction of sp³-hybridized carbons (Fsp3) is 0. The minimum absolute atomic E-state index is 0.216. The van der Waals surface area contributed by atoms with Crippen LogP contribution in [0.5, 0.6) is 5.75 Å². The van der Waals surface area contributed by atoms with Gasteiger partial charge >= 0.3 is 5.97 Å². The van der Waals surface area contributed by atoms with Crippen molar-refractivity contribution in [2.45, 2.75) is 0 Å². The van der Waals surface area contributed by atoms with Gasteiger partial charge in [-0.1, -0.05) is 51.3 Å². The lowest BCUT2D eigenvalue weighted by Gasteiger charge is -2.06. The monoisotopic (exact) mass is 546 g/mol. The van der Waals surface area contributed by atoms with Crippen molar-refractivity contribution in [3.8, 4) is 5.75 Å². The zero-order valence-electron chi connectivity index (χ0n) is 16.1. The average Bonchev–Trinajstić information content (AvgIpc) is 3.09. The fourth-order valence-electron chi connectivity index (χ4n) is 2.71. The molecule has 1 heterocycles. The normalized spacial score (nSPS) is 15.8. The Hall–Kier alpha value is -2.58. The number of ether oxygens (including phenoxy) is 1. The number of rotatable bonds is 4. The molecule has 1 aliphatic rings. The maximum Gasteiger partial charge on any atom is 0.345 e. The van der Waals surface area contributed by atoms with Crippen LogP contribution in [0.2, 0.25) is 10.0 Å². The van der Waals surface area contributed by atoms with Gasteiger partial charge in [-0.2, -0.15) is 0 Å². The third kappa shape index (κ3) is 5.61. The molecule has 0 atom stereocenters. The Labute approximate surface area is 206 Å². The van der Waals surface area contributed by atoms with Gasteiger partial charge in [0.25, 0.3) is 5.91 Å². The smallest absolute Gasteiger partial charge is 0.345 e. The zero-order chi connectivity index (χ0) is 22.7. The Morgan fingerprint density at radius 1 is 1.03 bits per heavy atom. The summed E-state index contributed by atoms with van der Waals surface area (Å²) in [5.74, 6) is -0.458. The molecule has 1 N–H and O–H groups in total. The molecule has 1 amide bonds.